The highest BCUT2D eigenvalue weighted by Gasteiger charge is 2.34. The van der Waals surface area contributed by atoms with Crippen molar-refractivity contribution in [3.05, 3.63) is 0 Å². The van der Waals surface area contributed by atoms with Crippen molar-refractivity contribution < 1.29 is 9.84 Å². The molecule has 0 radical (unpaired) electrons. The van der Waals surface area contributed by atoms with Gasteiger partial charge in [0.1, 0.15) is 0 Å². The summed E-state index contributed by atoms with van der Waals surface area (Å²) in [6.07, 6.45) is -0.652. The molecular formula is C10H23NO2. The molecule has 13 heavy (non-hydrogen) atoms. The minimum atomic E-state index is -0.512. The van der Waals surface area contributed by atoms with Crippen LogP contribution in [0.5, 0.6) is 0 Å². The van der Waals surface area contributed by atoms with E-state index in [-0.39, 0.29) is 11.5 Å². The van der Waals surface area contributed by atoms with Crippen LogP contribution >= 0.6 is 0 Å². The zero-order valence-electron chi connectivity index (χ0n) is 9.37. The lowest BCUT2D eigenvalue weighted by Crippen LogP contribution is -2.46. The molecule has 0 heterocycles. The van der Waals surface area contributed by atoms with Gasteiger partial charge in [-0.15, -0.1) is 0 Å². The molecule has 0 amide bonds. The second kappa shape index (κ2) is 4.94. The van der Waals surface area contributed by atoms with Crippen molar-refractivity contribution in [1.29, 1.82) is 0 Å². The molecule has 2 atom stereocenters. The smallest absolute Gasteiger partial charge is 0.0866 e. The van der Waals surface area contributed by atoms with Crippen LogP contribution in [0.25, 0.3) is 0 Å². The number of ether oxygens (including phenoxy) is 1. The van der Waals surface area contributed by atoms with Gasteiger partial charge in [0.15, 0.2) is 0 Å². The first kappa shape index (κ1) is 12.9. The molecule has 3 nitrogen and oxygen atoms in total. The standard InChI is InChI=1S/C10H23NO2/c1-7(2)8(13-5)9(12)10(3,4)6-11/h7-9,12H,6,11H2,1-5H3. The molecule has 3 heteroatoms. The maximum atomic E-state index is 10.0. The van der Waals surface area contributed by atoms with Crippen LogP contribution < -0.4 is 5.73 Å². The third kappa shape index (κ3) is 3.25. The number of aliphatic hydroxyl groups excluding tert-OH is 1. The van der Waals surface area contributed by atoms with Crippen molar-refractivity contribution in [3.8, 4) is 0 Å². The van der Waals surface area contributed by atoms with Gasteiger partial charge in [0.2, 0.25) is 0 Å². The molecular weight excluding hydrogens is 166 g/mol. The topological polar surface area (TPSA) is 55.5 Å². The van der Waals surface area contributed by atoms with E-state index < -0.39 is 6.10 Å². The van der Waals surface area contributed by atoms with Crippen LogP contribution in [0.2, 0.25) is 0 Å². The van der Waals surface area contributed by atoms with Gasteiger partial charge in [-0.25, -0.2) is 0 Å². The summed E-state index contributed by atoms with van der Waals surface area (Å²) >= 11 is 0. The number of methoxy groups -OCH3 is 1. The third-order valence-corrected chi connectivity index (χ3v) is 2.57. The molecule has 0 fully saturated rings. The van der Waals surface area contributed by atoms with Crippen LogP contribution in [0.15, 0.2) is 0 Å². The zero-order chi connectivity index (χ0) is 10.6. The van der Waals surface area contributed by atoms with Crippen molar-refractivity contribution in [2.24, 2.45) is 17.1 Å². The number of hydrogen-bond donors (Lipinski definition) is 2. The fraction of sp³-hybridized carbons (Fsp3) is 1.00. The molecule has 0 aromatic rings. The second-order valence-electron chi connectivity index (χ2n) is 4.58. The number of hydrogen-bond acceptors (Lipinski definition) is 3. The largest absolute Gasteiger partial charge is 0.390 e. The van der Waals surface area contributed by atoms with Crippen molar-refractivity contribution in [3.63, 3.8) is 0 Å². The van der Waals surface area contributed by atoms with Gasteiger partial charge in [0.25, 0.3) is 0 Å². The molecule has 0 spiro atoms. The van der Waals surface area contributed by atoms with Gasteiger partial charge in [-0.2, -0.15) is 0 Å². The minimum absolute atomic E-state index is 0.140. The molecule has 0 rings (SSSR count). The van der Waals surface area contributed by atoms with Crippen molar-refractivity contribution >= 4 is 0 Å². The van der Waals surface area contributed by atoms with E-state index in [0.717, 1.165) is 0 Å². The van der Waals surface area contributed by atoms with E-state index in [2.05, 4.69) is 0 Å². The van der Waals surface area contributed by atoms with Gasteiger partial charge in [0, 0.05) is 12.5 Å². The second-order valence-corrected chi connectivity index (χ2v) is 4.58. The van der Waals surface area contributed by atoms with Crippen LogP contribution in [0.3, 0.4) is 0 Å². The van der Waals surface area contributed by atoms with Gasteiger partial charge in [-0.3, -0.25) is 0 Å². The van der Waals surface area contributed by atoms with Crippen molar-refractivity contribution in [2.45, 2.75) is 39.9 Å². The molecule has 0 bridgehead atoms. The molecule has 0 saturated heterocycles. The zero-order valence-corrected chi connectivity index (χ0v) is 9.37. The summed E-state index contributed by atoms with van der Waals surface area (Å²) in [5.41, 5.74) is 5.30. The van der Waals surface area contributed by atoms with Gasteiger partial charge in [-0.1, -0.05) is 27.7 Å². The Labute approximate surface area is 81.3 Å². The highest BCUT2D eigenvalue weighted by Crippen LogP contribution is 2.26. The molecule has 0 saturated carbocycles. The van der Waals surface area contributed by atoms with Crippen LogP contribution in [-0.4, -0.2) is 31.0 Å². The van der Waals surface area contributed by atoms with Crippen molar-refractivity contribution in [2.75, 3.05) is 13.7 Å². The molecule has 0 aromatic carbocycles. The Hall–Kier alpha value is -0.120. The SMILES string of the molecule is COC(C(C)C)C(O)C(C)(C)CN. The monoisotopic (exact) mass is 189 g/mol. The van der Waals surface area contributed by atoms with Crippen LogP contribution in [0, 0.1) is 11.3 Å². The predicted molar refractivity (Wildman–Crippen MR) is 54.5 cm³/mol. The highest BCUT2D eigenvalue weighted by atomic mass is 16.5. The lowest BCUT2D eigenvalue weighted by Gasteiger charge is -2.36. The van der Waals surface area contributed by atoms with Crippen LogP contribution in [0.1, 0.15) is 27.7 Å². The Kier molecular flexibility index (Phi) is 4.89. The Morgan fingerprint density at radius 1 is 1.38 bits per heavy atom. The summed E-state index contributed by atoms with van der Waals surface area (Å²) in [5, 5.41) is 10.0. The average Bonchev–Trinajstić information content (AvgIpc) is 2.05. The Balaban J connectivity index is 4.44. The number of nitrogens with two attached hydrogens (primary N) is 1. The fourth-order valence-corrected chi connectivity index (χ4v) is 1.33. The summed E-state index contributed by atoms with van der Waals surface area (Å²) in [4.78, 5) is 0. The van der Waals surface area contributed by atoms with Crippen LogP contribution in [-0.2, 0) is 4.74 Å². The third-order valence-electron chi connectivity index (χ3n) is 2.57. The Bertz CT molecular complexity index is 146. The average molecular weight is 189 g/mol. The summed E-state index contributed by atoms with van der Waals surface area (Å²) < 4.78 is 5.26. The maximum absolute atomic E-state index is 10.0. The number of rotatable bonds is 5. The first-order valence-electron chi connectivity index (χ1n) is 4.77. The summed E-state index contributed by atoms with van der Waals surface area (Å²) in [6, 6.07) is 0. The fourth-order valence-electron chi connectivity index (χ4n) is 1.33. The summed E-state index contributed by atoms with van der Waals surface area (Å²) in [7, 11) is 1.63. The van der Waals surface area contributed by atoms with Crippen molar-refractivity contribution in [1.82, 2.24) is 0 Å². The normalized spacial score (nSPS) is 17.5. The van der Waals surface area contributed by atoms with Gasteiger partial charge in [-0.05, 0) is 12.5 Å². The summed E-state index contributed by atoms with van der Waals surface area (Å²) in [6.45, 7) is 8.42. The Morgan fingerprint density at radius 3 is 2.08 bits per heavy atom. The molecule has 0 aliphatic carbocycles. The van der Waals surface area contributed by atoms with Crippen LogP contribution in [0.4, 0.5) is 0 Å². The molecule has 0 aliphatic heterocycles. The highest BCUT2D eigenvalue weighted by molar-refractivity contribution is 4.86. The van der Waals surface area contributed by atoms with E-state index in [4.69, 9.17) is 10.5 Å². The minimum Gasteiger partial charge on any atom is -0.390 e. The molecule has 3 N–H and O–H groups in total. The lowest BCUT2D eigenvalue weighted by atomic mass is 9.80. The van der Waals surface area contributed by atoms with Gasteiger partial charge < -0.3 is 15.6 Å². The molecule has 0 aliphatic rings. The molecule has 80 valence electrons. The van der Waals surface area contributed by atoms with E-state index in [1.54, 1.807) is 7.11 Å². The van der Waals surface area contributed by atoms with E-state index in [0.29, 0.717) is 12.5 Å². The van der Waals surface area contributed by atoms with E-state index in [1.807, 2.05) is 27.7 Å². The summed E-state index contributed by atoms with van der Waals surface area (Å²) in [5.74, 6) is 0.297. The molecule has 2 unspecified atom stereocenters. The predicted octanol–water partition coefficient (Wildman–Crippen LogP) is 1.00. The van der Waals surface area contributed by atoms with E-state index >= 15 is 0 Å². The van der Waals surface area contributed by atoms with E-state index in [9.17, 15) is 5.11 Å². The maximum Gasteiger partial charge on any atom is 0.0866 e. The quantitative estimate of drug-likeness (QED) is 0.678. The first-order valence-corrected chi connectivity index (χ1v) is 4.77. The van der Waals surface area contributed by atoms with Gasteiger partial charge >= 0.3 is 0 Å². The number of aliphatic hydroxyl groups is 1. The molecule has 0 aromatic heterocycles. The lowest BCUT2D eigenvalue weighted by molar-refractivity contribution is -0.0867. The Morgan fingerprint density at radius 2 is 1.85 bits per heavy atom. The van der Waals surface area contributed by atoms with E-state index in [1.165, 1.54) is 0 Å². The first-order chi connectivity index (χ1) is 5.86. The van der Waals surface area contributed by atoms with Gasteiger partial charge in [0.05, 0.1) is 12.2 Å².